The number of H-pyrrole nitrogens is 1. The Bertz CT molecular complexity index is 1140. The Hall–Kier alpha value is -3.61. The molecule has 0 fully saturated rings. The van der Waals surface area contributed by atoms with Crippen molar-refractivity contribution in [1.29, 1.82) is 0 Å². The number of carbonyl (C=O) groups excluding carboxylic acids is 1. The molecule has 0 bridgehead atoms. The number of fused-ring (bicyclic) bond motifs is 1. The lowest BCUT2D eigenvalue weighted by atomic mass is 10.0. The zero-order valence-corrected chi connectivity index (χ0v) is 15.4. The number of nitrogens with zero attached hydrogens (tertiary/aromatic N) is 3. The minimum atomic E-state index is -0.421. The molecule has 3 aromatic heterocycles. The van der Waals surface area contributed by atoms with Gasteiger partial charge in [-0.25, -0.2) is 9.37 Å². The number of halogens is 1. The van der Waals surface area contributed by atoms with Crippen LogP contribution in [0.4, 0.5) is 4.39 Å². The normalized spacial score (nSPS) is 12.1. The Morgan fingerprint density at radius 1 is 1.18 bits per heavy atom. The predicted molar refractivity (Wildman–Crippen MR) is 104 cm³/mol. The van der Waals surface area contributed by atoms with Crippen LogP contribution in [-0.4, -0.2) is 26.1 Å². The fourth-order valence-electron chi connectivity index (χ4n) is 3.02. The third kappa shape index (κ3) is 3.46. The lowest BCUT2D eigenvalue weighted by molar-refractivity contribution is 0.0941. The maximum absolute atomic E-state index is 13.8. The molecular weight excluding hydrogens is 357 g/mol. The van der Waals surface area contributed by atoms with Gasteiger partial charge in [0, 0.05) is 29.0 Å². The molecule has 0 spiro atoms. The average molecular weight is 375 g/mol. The predicted octanol–water partition coefficient (Wildman–Crippen LogP) is 3.96. The molecule has 1 unspecified atom stereocenters. The van der Waals surface area contributed by atoms with Gasteiger partial charge in [-0.1, -0.05) is 6.07 Å². The first-order valence-corrected chi connectivity index (χ1v) is 8.84. The summed E-state index contributed by atoms with van der Waals surface area (Å²) in [6, 6.07) is 9.45. The molecule has 0 saturated heterocycles. The standard InChI is InChI=1S/C21H18FN5O/c1-12-3-4-14(9-23-12)13(2)26-21(28)18-8-20(15-10-24-25-11-15)27-19-6-5-16(22)7-17(18)19/h3-11,13H,1-2H3,(H,24,25)(H,26,28). The molecule has 140 valence electrons. The summed E-state index contributed by atoms with van der Waals surface area (Å²) in [5.41, 5.74) is 4.02. The van der Waals surface area contributed by atoms with Gasteiger partial charge in [-0.05, 0) is 49.7 Å². The van der Waals surface area contributed by atoms with Crippen LogP contribution in [0.3, 0.4) is 0 Å². The van der Waals surface area contributed by atoms with Crippen molar-refractivity contribution in [3.05, 3.63) is 77.6 Å². The summed E-state index contributed by atoms with van der Waals surface area (Å²) in [5.74, 6) is -0.731. The van der Waals surface area contributed by atoms with Gasteiger partial charge in [-0.2, -0.15) is 5.10 Å². The van der Waals surface area contributed by atoms with E-state index < -0.39 is 5.82 Å². The number of aryl methyl sites for hydroxylation is 1. The van der Waals surface area contributed by atoms with Crippen molar-refractivity contribution in [1.82, 2.24) is 25.5 Å². The summed E-state index contributed by atoms with van der Waals surface area (Å²) in [7, 11) is 0. The lowest BCUT2D eigenvalue weighted by Gasteiger charge is -2.16. The summed E-state index contributed by atoms with van der Waals surface area (Å²) < 4.78 is 13.8. The number of nitrogens with one attached hydrogen (secondary N) is 2. The van der Waals surface area contributed by atoms with Crippen molar-refractivity contribution in [3.63, 3.8) is 0 Å². The van der Waals surface area contributed by atoms with Crippen LogP contribution in [0, 0.1) is 12.7 Å². The molecule has 4 aromatic rings. The highest BCUT2D eigenvalue weighted by atomic mass is 19.1. The second-order valence-corrected chi connectivity index (χ2v) is 6.63. The number of amides is 1. The van der Waals surface area contributed by atoms with Gasteiger partial charge in [0.25, 0.3) is 5.91 Å². The van der Waals surface area contributed by atoms with Gasteiger partial charge in [-0.3, -0.25) is 14.9 Å². The van der Waals surface area contributed by atoms with Crippen LogP contribution in [-0.2, 0) is 0 Å². The molecule has 1 atom stereocenters. The van der Waals surface area contributed by atoms with Gasteiger partial charge in [0.2, 0.25) is 0 Å². The van der Waals surface area contributed by atoms with Crippen LogP contribution in [0.25, 0.3) is 22.2 Å². The van der Waals surface area contributed by atoms with E-state index in [4.69, 9.17) is 0 Å². The third-order valence-electron chi connectivity index (χ3n) is 4.59. The number of pyridine rings is 2. The first-order valence-electron chi connectivity index (χ1n) is 8.84. The van der Waals surface area contributed by atoms with E-state index in [-0.39, 0.29) is 11.9 Å². The van der Waals surface area contributed by atoms with Crippen molar-refractivity contribution < 1.29 is 9.18 Å². The van der Waals surface area contributed by atoms with E-state index in [1.54, 1.807) is 30.7 Å². The van der Waals surface area contributed by atoms with Gasteiger partial charge in [0.15, 0.2) is 0 Å². The summed E-state index contributed by atoms with van der Waals surface area (Å²) >= 11 is 0. The molecule has 2 N–H and O–H groups in total. The van der Waals surface area contributed by atoms with E-state index in [1.165, 1.54) is 12.1 Å². The van der Waals surface area contributed by atoms with Crippen LogP contribution in [0.2, 0.25) is 0 Å². The minimum Gasteiger partial charge on any atom is -0.345 e. The van der Waals surface area contributed by atoms with Gasteiger partial charge in [0.05, 0.1) is 29.0 Å². The van der Waals surface area contributed by atoms with Crippen molar-refractivity contribution in [2.45, 2.75) is 19.9 Å². The number of aromatic nitrogens is 4. The largest absolute Gasteiger partial charge is 0.345 e. The van der Waals surface area contributed by atoms with E-state index in [1.807, 2.05) is 26.0 Å². The molecular formula is C21H18FN5O. The molecule has 0 aliphatic carbocycles. The van der Waals surface area contributed by atoms with E-state index in [0.29, 0.717) is 22.2 Å². The van der Waals surface area contributed by atoms with E-state index in [0.717, 1.165) is 16.8 Å². The number of hydrogen-bond acceptors (Lipinski definition) is 4. The second-order valence-electron chi connectivity index (χ2n) is 6.63. The summed E-state index contributed by atoms with van der Waals surface area (Å²) in [6.07, 6.45) is 5.06. The zero-order valence-electron chi connectivity index (χ0n) is 15.4. The zero-order chi connectivity index (χ0) is 19.7. The molecule has 7 heteroatoms. The van der Waals surface area contributed by atoms with E-state index in [2.05, 4.69) is 25.5 Å². The van der Waals surface area contributed by atoms with E-state index in [9.17, 15) is 9.18 Å². The highest BCUT2D eigenvalue weighted by molar-refractivity contribution is 6.07. The summed E-state index contributed by atoms with van der Waals surface area (Å²) in [6.45, 7) is 3.78. The maximum atomic E-state index is 13.8. The second kappa shape index (κ2) is 7.19. The van der Waals surface area contributed by atoms with Crippen molar-refractivity contribution in [2.75, 3.05) is 0 Å². The molecule has 6 nitrogen and oxygen atoms in total. The van der Waals surface area contributed by atoms with Gasteiger partial charge in [-0.15, -0.1) is 0 Å². The molecule has 3 heterocycles. The molecule has 0 aliphatic rings. The Morgan fingerprint density at radius 2 is 2.04 bits per heavy atom. The van der Waals surface area contributed by atoms with Crippen molar-refractivity contribution in [3.8, 4) is 11.3 Å². The Morgan fingerprint density at radius 3 is 2.75 bits per heavy atom. The average Bonchev–Trinajstić information content (AvgIpc) is 3.22. The monoisotopic (exact) mass is 375 g/mol. The number of benzene rings is 1. The minimum absolute atomic E-state index is 0.255. The molecule has 0 aliphatic heterocycles. The van der Waals surface area contributed by atoms with Crippen LogP contribution >= 0.6 is 0 Å². The summed E-state index contributed by atoms with van der Waals surface area (Å²) in [5, 5.41) is 10.1. The molecule has 28 heavy (non-hydrogen) atoms. The Kier molecular flexibility index (Phi) is 4.57. The van der Waals surface area contributed by atoms with Gasteiger partial charge < -0.3 is 5.32 Å². The first kappa shape index (κ1) is 17.8. The molecule has 0 radical (unpaired) electrons. The Labute approximate surface area is 160 Å². The smallest absolute Gasteiger partial charge is 0.252 e. The molecule has 1 amide bonds. The van der Waals surface area contributed by atoms with E-state index >= 15 is 0 Å². The summed E-state index contributed by atoms with van der Waals surface area (Å²) in [4.78, 5) is 21.8. The van der Waals surface area contributed by atoms with Gasteiger partial charge in [0.1, 0.15) is 5.82 Å². The first-order chi connectivity index (χ1) is 13.5. The SMILES string of the molecule is Cc1ccc(C(C)NC(=O)c2cc(-c3cn[nH]c3)nc3ccc(F)cc23)cn1. The molecule has 1 aromatic carbocycles. The number of carbonyl (C=O) groups is 1. The highest BCUT2D eigenvalue weighted by Gasteiger charge is 2.17. The Balaban J connectivity index is 1.74. The number of rotatable bonds is 4. The van der Waals surface area contributed by atoms with Crippen LogP contribution in [0.1, 0.15) is 34.6 Å². The highest BCUT2D eigenvalue weighted by Crippen LogP contribution is 2.25. The van der Waals surface area contributed by atoms with Crippen LogP contribution in [0.15, 0.2) is 55.0 Å². The molecule has 0 saturated carbocycles. The number of aromatic amines is 1. The van der Waals surface area contributed by atoms with Gasteiger partial charge >= 0.3 is 0 Å². The lowest BCUT2D eigenvalue weighted by Crippen LogP contribution is -2.27. The maximum Gasteiger partial charge on any atom is 0.252 e. The van der Waals surface area contributed by atoms with Crippen LogP contribution < -0.4 is 5.32 Å². The fraction of sp³-hybridized carbons (Fsp3) is 0.143. The van der Waals surface area contributed by atoms with Crippen molar-refractivity contribution in [2.24, 2.45) is 0 Å². The number of hydrogen-bond donors (Lipinski definition) is 2. The van der Waals surface area contributed by atoms with Crippen molar-refractivity contribution >= 4 is 16.8 Å². The fourth-order valence-corrected chi connectivity index (χ4v) is 3.02. The quantitative estimate of drug-likeness (QED) is 0.566. The topological polar surface area (TPSA) is 83.6 Å². The molecule has 4 rings (SSSR count). The van der Waals surface area contributed by atoms with Crippen LogP contribution in [0.5, 0.6) is 0 Å². The third-order valence-corrected chi connectivity index (χ3v) is 4.59.